The highest BCUT2D eigenvalue weighted by Gasteiger charge is 2.51. The SMILES string of the molecule is CC(C)(C)Cc1cc([C@@]2(C)C[C@@H]2CO)cc2c1OCC2(C)C. The van der Waals surface area contributed by atoms with Crippen molar-refractivity contribution in [3.63, 3.8) is 0 Å². The molecule has 1 aromatic carbocycles. The van der Waals surface area contributed by atoms with Gasteiger partial charge >= 0.3 is 0 Å². The van der Waals surface area contributed by atoms with Gasteiger partial charge in [0.15, 0.2) is 0 Å². The summed E-state index contributed by atoms with van der Waals surface area (Å²) >= 11 is 0. The summed E-state index contributed by atoms with van der Waals surface area (Å²) in [4.78, 5) is 0. The quantitative estimate of drug-likeness (QED) is 0.906. The van der Waals surface area contributed by atoms with E-state index < -0.39 is 0 Å². The fraction of sp³-hybridized carbons (Fsp3) is 0.700. The summed E-state index contributed by atoms with van der Waals surface area (Å²) in [6, 6.07) is 4.70. The third kappa shape index (κ3) is 2.56. The zero-order valence-electron chi connectivity index (χ0n) is 14.9. The lowest BCUT2D eigenvalue weighted by molar-refractivity contribution is 0.265. The lowest BCUT2D eigenvalue weighted by Gasteiger charge is -2.23. The van der Waals surface area contributed by atoms with Gasteiger partial charge in [0.2, 0.25) is 0 Å². The molecule has 122 valence electrons. The van der Waals surface area contributed by atoms with Gasteiger partial charge in [-0.2, -0.15) is 0 Å². The Hall–Kier alpha value is -1.02. The van der Waals surface area contributed by atoms with Crippen molar-refractivity contribution in [3.8, 4) is 5.75 Å². The van der Waals surface area contributed by atoms with Crippen LogP contribution < -0.4 is 4.74 Å². The van der Waals surface area contributed by atoms with E-state index in [0.29, 0.717) is 12.5 Å². The first-order chi connectivity index (χ1) is 10.1. The molecular weight excluding hydrogens is 272 g/mol. The van der Waals surface area contributed by atoms with E-state index in [1.54, 1.807) is 0 Å². The number of aliphatic hydroxyl groups is 1. The first kappa shape index (κ1) is 15.9. The molecule has 2 atom stereocenters. The number of hydrogen-bond acceptors (Lipinski definition) is 2. The van der Waals surface area contributed by atoms with Crippen LogP contribution in [-0.4, -0.2) is 18.3 Å². The summed E-state index contributed by atoms with van der Waals surface area (Å²) in [6.45, 7) is 14.7. The lowest BCUT2D eigenvalue weighted by atomic mass is 9.79. The van der Waals surface area contributed by atoms with Gasteiger partial charge in [-0.3, -0.25) is 0 Å². The van der Waals surface area contributed by atoms with Gasteiger partial charge in [0.1, 0.15) is 5.75 Å². The average molecular weight is 302 g/mol. The molecule has 3 rings (SSSR count). The summed E-state index contributed by atoms with van der Waals surface area (Å²) < 4.78 is 6.08. The second-order valence-corrected chi connectivity index (χ2v) is 9.42. The molecule has 0 unspecified atom stereocenters. The van der Waals surface area contributed by atoms with E-state index in [9.17, 15) is 5.11 Å². The maximum absolute atomic E-state index is 9.53. The van der Waals surface area contributed by atoms with Crippen molar-refractivity contribution in [2.75, 3.05) is 13.2 Å². The van der Waals surface area contributed by atoms with Crippen LogP contribution in [0.15, 0.2) is 12.1 Å². The molecule has 0 amide bonds. The van der Waals surface area contributed by atoms with E-state index in [2.05, 4.69) is 53.7 Å². The largest absolute Gasteiger partial charge is 0.492 e. The number of ether oxygens (including phenoxy) is 1. The van der Waals surface area contributed by atoms with Gasteiger partial charge in [-0.25, -0.2) is 0 Å². The molecule has 1 saturated carbocycles. The minimum absolute atomic E-state index is 0.0813. The van der Waals surface area contributed by atoms with Crippen LogP contribution in [0, 0.1) is 11.3 Å². The topological polar surface area (TPSA) is 29.5 Å². The summed E-state index contributed by atoms with van der Waals surface area (Å²) in [5, 5.41) is 9.53. The predicted octanol–water partition coefficient (Wildman–Crippen LogP) is 4.22. The Balaban J connectivity index is 2.09. The molecule has 2 nitrogen and oxygen atoms in total. The Morgan fingerprint density at radius 3 is 2.45 bits per heavy atom. The standard InChI is InChI=1S/C20H30O2/c1-18(2,3)9-13-7-14(20(6)10-15(20)11-21)8-16-17(13)22-12-19(16,4)5/h7-8,15,21H,9-12H2,1-6H3/t15-,20-/m1/s1. The molecule has 2 heteroatoms. The molecule has 1 aliphatic heterocycles. The molecule has 0 radical (unpaired) electrons. The number of benzene rings is 1. The maximum Gasteiger partial charge on any atom is 0.126 e. The highest BCUT2D eigenvalue weighted by molar-refractivity contribution is 5.54. The summed E-state index contributed by atoms with van der Waals surface area (Å²) in [6.07, 6.45) is 2.12. The molecule has 22 heavy (non-hydrogen) atoms. The van der Waals surface area contributed by atoms with Crippen LogP contribution in [0.4, 0.5) is 0 Å². The normalized spacial score (nSPS) is 29.1. The van der Waals surface area contributed by atoms with Gasteiger partial charge in [-0.1, -0.05) is 53.7 Å². The van der Waals surface area contributed by atoms with Crippen LogP contribution in [0.1, 0.15) is 64.7 Å². The van der Waals surface area contributed by atoms with Crippen molar-refractivity contribution in [1.82, 2.24) is 0 Å². The molecule has 0 spiro atoms. The Bertz CT molecular complexity index is 594. The van der Waals surface area contributed by atoms with E-state index in [1.165, 1.54) is 16.7 Å². The van der Waals surface area contributed by atoms with Crippen LogP contribution in [0.25, 0.3) is 0 Å². The summed E-state index contributed by atoms with van der Waals surface area (Å²) in [7, 11) is 0. The molecule has 1 N–H and O–H groups in total. The van der Waals surface area contributed by atoms with E-state index in [0.717, 1.165) is 25.2 Å². The first-order valence-corrected chi connectivity index (χ1v) is 8.48. The van der Waals surface area contributed by atoms with Gasteiger partial charge in [-0.15, -0.1) is 0 Å². The van der Waals surface area contributed by atoms with E-state index >= 15 is 0 Å². The molecule has 1 heterocycles. The highest BCUT2D eigenvalue weighted by atomic mass is 16.5. The van der Waals surface area contributed by atoms with Crippen LogP contribution >= 0.6 is 0 Å². The van der Waals surface area contributed by atoms with E-state index in [4.69, 9.17) is 4.74 Å². The van der Waals surface area contributed by atoms with Crippen molar-refractivity contribution < 1.29 is 9.84 Å². The summed E-state index contributed by atoms with van der Waals surface area (Å²) in [5.41, 5.74) is 4.56. The van der Waals surface area contributed by atoms with Gasteiger partial charge in [-0.05, 0) is 40.7 Å². The minimum Gasteiger partial charge on any atom is -0.492 e. The third-order valence-corrected chi connectivity index (χ3v) is 5.48. The third-order valence-electron chi connectivity index (χ3n) is 5.48. The molecule has 0 bridgehead atoms. The molecule has 0 saturated heterocycles. The smallest absolute Gasteiger partial charge is 0.126 e. The average Bonchev–Trinajstić information content (AvgIpc) is 2.97. The number of hydrogen-bond donors (Lipinski definition) is 1. The zero-order chi connectivity index (χ0) is 16.3. The van der Waals surface area contributed by atoms with E-state index in [-0.39, 0.29) is 16.2 Å². The predicted molar refractivity (Wildman–Crippen MR) is 90.7 cm³/mol. The molecule has 1 fully saturated rings. The van der Waals surface area contributed by atoms with Crippen LogP contribution in [-0.2, 0) is 17.3 Å². The number of fused-ring (bicyclic) bond motifs is 1. The Labute approximate surface area is 134 Å². The highest BCUT2D eigenvalue weighted by Crippen LogP contribution is 2.56. The fourth-order valence-electron chi connectivity index (χ4n) is 3.80. The fourth-order valence-corrected chi connectivity index (χ4v) is 3.80. The minimum atomic E-state index is 0.0813. The second-order valence-electron chi connectivity index (χ2n) is 9.42. The number of aliphatic hydroxyl groups excluding tert-OH is 1. The lowest BCUT2D eigenvalue weighted by Crippen LogP contribution is -2.19. The molecule has 2 aliphatic rings. The van der Waals surface area contributed by atoms with Crippen LogP contribution in [0.3, 0.4) is 0 Å². The van der Waals surface area contributed by atoms with Crippen LogP contribution in [0.5, 0.6) is 5.75 Å². The monoisotopic (exact) mass is 302 g/mol. The Kier molecular flexibility index (Phi) is 3.41. The Morgan fingerprint density at radius 2 is 1.91 bits per heavy atom. The van der Waals surface area contributed by atoms with Gasteiger partial charge < -0.3 is 9.84 Å². The van der Waals surface area contributed by atoms with Gasteiger partial charge in [0.05, 0.1) is 6.61 Å². The Morgan fingerprint density at radius 1 is 1.23 bits per heavy atom. The first-order valence-electron chi connectivity index (χ1n) is 8.48. The summed E-state index contributed by atoms with van der Waals surface area (Å²) in [5.74, 6) is 1.53. The molecular formula is C20H30O2. The molecule has 1 aromatic rings. The zero-order valence-corrected chi connectivity index (χ0v) is 14.9. The van der Waals surface area contributed by atoms with Gasteiger partial charge in [0.25, 0.3) is 0 Å². The van der Waals surface area contributed by atoms with Crippen LogP contribution in [0.2, 0.25) is 0 Å². The molecule has 1 aliphatic carbocycles. The maximum atomic E-state index is 9.53. The van der Waals surface area contributed by atoms with Crippen molar-refractivity contribution in [1.29, 1.82) is 0 Å². The van der Waals surface area contributed by atoms with Crippen molar-refractivity contribution in [2.24, 2.45) is 11.3 Å². The van der Waals surface area contributed by atoms with Crippen molar-refractivity contribution in [2.45, 2.75) is 65.2 Å². The molecule has 0 aromatic heterocycles. The van der Waals surface area contributed by atoms with Crippen molar-refractivity contribution >= 4 is 0 Å². The van der Waals surface area contributed by atoms with Crippen molar-refractivity contribution in [3.05, 3.63) is 28.8 Å². The van der Waals surface area contributed by atoms with Gasteiger partial charge in [0, 0.05) is 17.6 Å². The van der Waals surface area contributed by atoms with E-state index in [1.807, 2.05) is 0 Å². The number of rotatable bonds is 3. The second kappa shape index (κ2) is 4.74.